The van der Waals surface area contributed by atoms with Crippen molar-refractivity contribution in [3.05, 3.63) is 0 Å². The minimum Gasteiger partial charge on any atom is -0.127 e. The number of rotatable bonds is 6. The van der Waals surface area contributed by atoms with Gasteiger partial charge in [-0.05, 0) is 0 Å². The molecule has 0 aliphatic carbocycles. The fourth-order valence-corrected chi connectivity index (χ4v) is 1.18. The van der Waals surface area contributed by atoms with Gasteiger partial charge in [0.15, 0.2) is 0 Å². The van der Waals surface area contributed by atoms with Crippen LogP contribution < -0.4 is 0 Å². The molecule has 0 spiro atoms. The van der Waals surface area contributed by atoms with Crippen LogP contribution >= 0.6 is 43.1 Å². The van der Waals surface area contributed by atoms with Crippen LogP contribution in [0.3, 0.4) is 0 Å². The van der Waals surface area contributed by atoms with Crippen LogP contribution in [0.4, 0.5) is 0 Å². The second-order valence-corrected chi connectivity index (χ2v) is 3.79. The maximum Gasteiger partial charge on any atom is 0.697 e. The summed E-state index contributed by atoms with van der Waals surface area (Å²) in [5.74, 6) is 1.34. The van der Waals surface area contributed by atoms with Crippen molar-refractivity contribution in [2.45, 2.75) is 6.92 Å². The lowest BCUT2D eigenvalue weighted by molar-refractivity contribution is 0.245. The molecule has 0 atom stereocenters. The summed E-state index contributed by atoms with van der Waals surface area (Å²) in [6.07, 6.45) is 0. The molecule has 0 fully saturated rings. The maximum absolute atomic E-state index is 10.5. The molecule has 3 nitrogen and oxygen atoms in total. The zero-order chi connectivity index (χ0) is 10.5. The highest BCUT2D eigenvalue weighted by atomic mass is 35.5. The first-order chi connectivity index (χ1) is 6.22. The van der Waals surface area contributed by atoms with E-state index in [9.17, 15) is 4.57 Å². The highest BCUT2D eigenvalue weighted by molar-refractivity contribution is 7.33. The highest BCUT2D eigenvalue weighted by Crippen LogP contribution is 2.22. The van der Waals surface area contributed by atoms with Crippen molar-refractivity contribution in [3.8, 4) is 0 Å². The first-order valence-corrected chi connectivity index (χ1v) is 6.33. The van der Waals surface area contributed by atoms with Crippen LogP contribution in [0.2, 0.25) is 0 Å². The summed E-state index contributed by atoms with van der Waals surface area (Å²) in [7, 11) is -2.01. The topological polar surface area (TPSA) is 35.5 Å². The molecular weight excluding hydrogens is 257 g/mol. The summed E-state index contributed by atoms with van der Waals surface area (Å²) >= 11 is 15.5. The van der Waals surface area contributed by atoms with E-state index in [0.29, 0.717) is 11.8 Å². The molecule has 0 rings (SSSR count). The Morgan fingerprint density at radius 2 is 1.38 bits per heavy atom. The van der Waals surface area contributed by atoms with Crippen molar-refractivity contribution < 1.29 is 13.6 Å². The number of hydrogen-bond donors (Lipinski definition) is 0. The lowest BCUT2D eigenvalue weighted by Gasteiger charge is -1.84. The predicted octanol–water partition coefficient (Wildman–Crippen LogP) is 3.40. The molecule has 0 aliphatic rings. The van der Waals surface area contributed by atoms with Crippen LogP contribution in [0, 0.1) is 0 Å². The van der Waals surface area contributed by atoms with E-state index >= 15 is 0 Å². The molecule has 7 heteroatoms. The minimum atomic E-state index is -2.01. The second-order valence-electron chi connectivity index (χ2n) is 1.54. The van der Waals surface area contributed by atoms with Gasteiger partial charge in [0.05, 0.1) is 11.8 Å². The van der Waals surface area contributed by atoms with Gasteiger partial charge >= 0.3 is 8.25 Å². The summed E-state index contributed by atoms with van der Waals surface area (Å²) in [6, 6.07) is 0. The second kappa shape index (κ2) is 15.4. The van der Waals surface area contributed by atoms with Crippen molar-refractivity contribution in [1.29, 1.82) is 0 Å². The summed E-state index contributed by atoms with van der Waals surface area (Å²) in [5.41, 5.74) is 0. The molecule has 80 valence electrons. The average molecular weight is 270 g/mol. The first kappa shape index (κ1) is 16.3. The Hall–Kier alpha value is 0.890. The van der Waals surface area contributed by atoms with Gasteiger partial charge in [-0.25, -0.2) is 0 Å². The Morgan fingerprint density at radius 1 is 1.08 bits per heavy atom. The van der Waals surface area contributed by atoms with E-state index in [1.165, 1.54) is 0 Å². The van der Waals surface area contributed by atoms with Gasteiger partial charge in [-0.2, -0.15) is 0 Å². The van der Waals surface area contributed by atoms with E-state index in [0.717, 1.165) is 5.88 Å². The maximum atomic E-state index is 10.5. The molecule has 13 heavy (non-hydrogen) atoms. The Morgan fingerprint density at radius 3 is 1.62 bits per heavy atom. The molecule has 0 saturated heterocycles. The van der Waals surface area contributed by atoms with Crippen LogP contribution in [0.25, 0.3) is 0 Å². The number of alkyl halides is 3. The smallest absolute Gasteiger partial charge is 0.127 e. The predicted molar refractivity (Wildman–Crippen MR) is 57.3 cm³/mol. The fourth-order valence-electron chi connectivity index (χ4n) is 0.255. The molecule has 0 saturated carbocycles. The standard InChI is InChI=1S/C4H8Cl2O3P.C2H5Cl/c5-1-3-8-10(7)9-4-2-6;1-2-3/h1-4H2;2H2,1H3/q+1;. The zero-order valence-electron chi connectivity index (χ0n) is 7.34. The third-order valence-electron chi connectivity index (χ3n) is 0.548. The van der Waals surface area contributed by atoms with Crippen LogP contribution in [0.1, 0.15) is 6.92 Å². The molecule has 0 aromatic carbocycles. The Kier molecular flexibility index (Phi) is 19.3. The minimum absolute atomic E-state index is 0.235. The molecule has 0 amide bonds. The van der Waals surface area contributed by atoms with Crippen molar-refractivity contribution in [2.75, 3.05) is 30.9 Å². The third kappa shape index (κ3) is 19.3. The van der Waals surface area contributed by atoms with Crippen LogP contribution in [-0.4, -0.2) is 30.9 Å². The van der Waals surface area contributed by atoms with E-state index in [1.54, 1.807) is 0 Å². The summed E-state index contributed by atoms with van der Waals surface area (Å²) in [6.45, 7) is 2.36. The normalized spacial score (nSPS) is 8.92. The third-order valence-corrected chi connectivity index (χ3v) is 1.64. The zero-order valence-corrected chi connectivity index (χ0v) is 10.5. The molecule has 0 aliphatic heterocycles. The number of hydrogen-bond acceptors (Lipinski definition) is 3. The number of halogens is 3. The lowest BCUT2D eigenvalue weighted by Crippen LogP contribution is -1.91. The molecule has 0 heterocycles. The Bertz CT molecular complexity index is 105. The van der Waals surface area contributed by atoms with Crippen LogP contribution in [0.15, 0.2) is 0 Å². The molecule has 0 bridgehead atoms. The van der Waals surface area contributed by atoms with E-state index in [2.05, 4.69) is 9.05 Å². The van der Waals surface area contributed by atoms with E-state index in [-0.39, 0.29) is 13.2 Å². The van der Waals surface area contributed by atoms with Crippen molar-refractivity contribution in [1.82, 2.24) is 0 Å². The SMILES string of the molecule is CCCl.O=[P+](OCCCl)OCCCl. The van der Waals surface area contributed by atoms with Gasteiger partial charge in [0, 0.05) is 10.4 Å². The van der Waals surface area contributed by atoms with Crippen molar-refractivity contribution in [3.63, 3.8) is 0 Å². The van der Waals surface area contributed by atoms with E-state index < -0.39 is 8.25 Å². The lowest BCUT2D eigenvalue weighted by atomic mass is 10.9. The van der Waals surface area contributed by atoms with Gasteiger partial charge in [0.1, 0.15) is 13.2 Å². The molecule has 0 aromatic rings. The van der Waals surface area contributed by atoms with E-state index in [1.807, 2.05) is 6.92 Å². The molecule has 0 N–H and O–H groups in total. The highest BCUT2D eigenvalue weighted by Gasteiger charge is 2.18. The van der Waals surface area contributed by atoms with Crippen LogP contribution in [0.5, 0.6) is 0 Å². The molecule has 0 unspecified atom stereocenters. The van der Waals surface area contributed by atoms with E-state index in [4.69, 9.17) is 34.8 Å². The van der Waals surface area contributed by atoms with Gasteiger partial charge < -0.3 is 0 Å². The van der Waals surface area contributed by atoms with Crippen molar-refractivity contribution in [2.24, 2.45) is 0 Å². The van der Waals surface area contributed by atoms with Crippen molar-refractivity contribution >= 4 is 43.1 Å². The summed E-state index contributed by atoms with van der Waals surface area (Å²) in [4.78, 5) is 0. The summed E-state index contributed by atoms with van der Waals surface area (Å²) in [5, 5.41) is 0. The molecule has 0 aromatic heterocycles. The summed E-state index contributed by atoms with van der Waals surface area (Å²) < 4.78 is 19.7. The fraction of sp³-hybridized carbons (Fsp3) is 1.00. The average Bonchev–Trinajstić information content (AvgIpc) is 2.12. The molecular formula is C6H13Cl3O3P+. The Balaban J connectivity index is 0. The van der Waals surface area contributed by atoms with Gasteiger partial charge in [0.25, 0.3) is 0 Å². The van der Waals surface area contributed by atoms with Crippen LogP contribution in [-0.2, 0) is 13.6 Å². The van der Waals surface area contributed by atoms with Gasteiger partial charge in [-0.1, -0.05) is 6.92 Å². The van der Waals surface area contributed by atoms with Gasteiger partial charge in [0.2, 0.25) is 0 Å². The largest absolute Gasteiger partial charge is 0.697 e. The first-order valence-electron chi connectivity index (χ1n) is 3.63. The van der Waals surface area contributed by atoms with Gasteiger partial charge in [-0.15, -0.1) is 43.9 Å². The quantitative estimate of drug-likeness (QED) is 0.548. The van der Waals surface area contributed by atoms with Gasteiger partial charge in [-0.3, -0.25) is 0 Å². The Labute approximate surface area is 94.6 Å². The monoisotopic (exact) mass is 269 g/mol. The molecule has 0 radical (unpaired) electrons.